The van der Waals surface area contributed by atoms with Gasteiger partial charge in [-0.15, -0.1) is 0 Å². The number of fused-ring (bicyclic) bond motifs is 1. The molecule has 23 heavy (non-hydrogen) atoms. The summed E-state index contributed by atoms with van der Waals surface area (Å²) in [5.74, 6) is 2.35. The highest BCUT2D eigenvalue weighted by atomic mass is 16.7. The number of ether oxygens (including phenoxy) is 3. The number of phenols is 1. The van der Waals surface area contributed by atoms with Gasteiger partial charge in [0.1, 0.15) is 0 Å². The van der Waals surface area contributed by atoms with Crippen molar-refractivity contribution in [1.82, 2.24) is 0 Å². The Balaban J connectivity index is 1.81. The Morgan fingerprint density at radius 2 is 2.00 bits per heavy atom. The van der Waals surface area contributed by atoms with Crippen LogP contribution in [-0.4, -0.2) is 25.1 Å². The van der Waals surface area contributed by atoms with E-state index < -0.39 is 0 Å². The van der Waals surface area contributed by atoms with Crippen LogP contribution in [0.3, 0.4) is 0 Å². The number of nitrogens with two attached hydrogens (primary N) is 1. The minimum atomic E-state index is 0.156. The van der Waals surface area contributed by atoms with Crippen LogP contribution in [0.1, 0.15) is 24.0 Å². The second-order valence-corrected chi connectivity index (χ2v) is 5.48. The van der Waals surface area contributed by atoms with Crippen LogP contribution in [0, 0.1) is 0 Å². The highest BCUT2D eigenvalue weighted by Gasteiger charge is 2.18. The highest BCUT2D eigenvalue weighted by Crippen LogP contribution is 2.36. The normalized spacial score (nSPS) is 13.8. The van der Waals surface area contributed by atoms with Gasteiger partial charge in [0.2, 0.25) is 6.79 Å². The summed E-state index contributed by atoms with van der Waals surface area (Å²) in [5, 5.41) is 9.80. The van der Waals surface area contributed by atoms with E-state index in [0.29, 0.717) is 18.9 Å². The molecular formula is C18H21NO4. The van der Waals surface area contributed by atoms with Crippen molar-refractivity contribution in [3.8, 4) is 23.0 Å². The number of hydrogen-bond donors (Lipinski definition) is 2. The Hall–Kier alpha value is -2.40. The molecule has 0 radical (unpaired) electrons. The maximum atomic E-state index is 9.80. The Kier molecular flexibility index (Phi) is 4.57. The Morgan fingerprint density at radius 3 is 2.78 bits per heavy atom. The lowest BCUT2D eigenvalue weighted by molar-refractivity contribution is 0.174. The van der Waals surface area contributed by atoms with Crippen molar-refractivity contribution in [2.75, 3.05) is 19.9 Å². The van der Waals surface area contributed by atoms with Crippen molar-refractivity contribution >= 4 is 0 Å². The van der Waals surface area contributed by atoms with Gasteiger partial charge in [-0.1, -0.05) is 12.1 Å². The first-order valence-electron chi connectivity index (χ1n) is 7.75. The molecule has 122 valence electrons. The van der Waals surface area contributed by atoms with Crippen molar-refractivity contribution in [2.45, 2.75) is 19.3 Å². The van der Waals surface area contributed by atoms with Crippen LogP contribution in [-0.2, 0) is 6.42 Å². The number of hydrogen-bond acceptors (Lipinski definition) is 5. The molecule has 0 saturated carbocycles. The summed E-state index contributed by atoms with van der Waals surface area (Å²) in [5.41, 5.74) is 8.15. The predicted octanol–water partition coefficient (Wildman–Crippen LogP) is 2.80. The van der Waals surface area contributed by atoms with Crippen molar-refractivity contribution in [2.24, 2.45) is 5.73 Å². The zero-order chi connectivity index (χ0) is 16.2. The zero-order valence-electron chi connectivity index (χ0n) is 13.1. The van der Waals surface area contributed by atoms with Crippen LogP contribution in [0.4, 0.5) is 0 Å². The largest absolute Gasteiger partial charge is 0.504 e. The molecule has 2 aromatic rings. The molecule has 0 fully saturated rings. The molecule has 0 saturated heterocycles. The number of benzene rings is 2. The first kappa shape index (κ1) is 15.5. The summed E-state index contributed by atoms with van der Waals surface area (Å²) < 4.78 is 16.2. The van der Waals surface area contributed by atoms with Gasteiger partial charge < -0.3 is 25.1 Å². The fourth-order valence-electron chi connectivity index (χ4n) is 2.75. The standard InChI is InChI=1S/C18H21NO4/c1-2-21-17-8-12(3-5-15(17)20)7-14(10-19)13-4-6-16-18(9-13)23-11-22-16/h3-6,8-9,14,20H,2,7,10-11,19H2,1H3. The van der Waals surface area contributed by atoms with E-state index in [1.807, 2.05) is 37.3 Å². The Bertz CT molecular complexity index is 687. The third-order valence-corrected chi connectivity index (χ3v) is 3.96. The fraction of sp³-hybridized carbons (Fsp3) is 0.333. The average Bonchev–Trinajstić information content (AvgIpc) is 3.03. The molecule has 3 N–H and O–H groups in total. The molecule has 5 nitrogen and oxygen atoms in total. The van der Waals surface area contributed by atoms with Gasteiger partial charge in [0.25, 0.3) is 0 Å². The van der Waals surface area contributed by atoms with Gasteiger partial charge in [-0.3, -0.25) is 0 Å². The van der Waals surface area contributed by atoms with Crippen LogP contribution in [0.5, 0.6) is 23.0 Å². The molecule has 1 heterocycles. The second kappa shape index (κ2) is 6.79. The summed E-state index contributed by atoms with van der Waals surface area (Å²) >= 11 is 0. The molecule has 0 aromatic heterocycles. The Labute approximate surface area is 135 Å². The zero-order valence-corrected chi connectivity index (χ0v) is 13.1. The monoisotopic (exact) mass is 315 g/mol. The van der Waals surface area contributed by atoms with E-state index >= 15 is 0 Å². The van der Waals surface area contributed by atoms with Crippen LogP contribution >= 0.6 is 0 Å². The van der Waals surface area contributed by atoms with E-state index in [2.05, 4.69) is 0 Å². The van der Waals surface area contributed by atoms with E-state index in [4.69, 9.17) is 19.9 Å². The number of aromatic hydroxyl groups is 1. The van der Waals surface area contributed by atoms with Gasteiger partial charge in [-0.05, 0) is 55.3 Å². The lowest BCUT2D eigenvalue weighted by atomic mass is 9.91. The first-order chi connectivity index (χ1) is 11.2. The highest BCUT2D eigenvalue weighted by molar-refractivity contribution is 5.46. The maximum absolute atomic E-state index is 9.80. The SMILES string of the molecule is CCOc1cc(CC(CN)c2ccc3c(c2)OCO3)ccc1O. The molecule has 1 aliphatic heterocycles. The molecule has 0 spiro atoms. The lowest BCUT2D eigenvalue weighted by Crippen LogP contribution is -2.15. The molecule has 2 aromatic carbocycles. The van der Waals surface area contributed by atoms with Gasteiger partial charge in [0, 0.05) is 5.92 Å². The molecule has 0 aliphatic carbocycles. The van der Waals surface area contributed by atoms with Crippen LogP contribution in [0.15, 0.2) is 36.4 Å². The van der Waals surface area contributed by atoms with Gasteiger partial charge >= 0.3 is 0 Å². The van der Waals surface area contributed by atoms with Crippen molar-refractivity contribution in [1.29, 1.82) is 0 Å². The number of rotatable bonds is 6. The maximum Gasteiger partial charge on any atom is 0.231 e. The minimum Gasteiger partial charge on any atom is -0.504 e. The Morgan fingerprint density at radius 1 is 1.17 bits per heavy atom. The summed E-state index contributed by atoms with van der Waals surface area (Å²) in [6.45, 7) is 3.19. The fourth-order valence-corrected chi connectivity index (χ4v) is 2.75. The summed E-state index contributed by atoms with van der Waals surface area (Å²) in [6, 6.07) is 11.4. The van der Waals surface area contributed by atoms with Crippen molar-refractivity contribution in [3.05, 3.63) is 47.5 Å². The summed E-state index contributed by atoms with van der Waals surface area (Å²) in [4.78, 5) is 0. The second-order valence-electron chi connectivity index (χ2n) is 5.48. The van der Waals surface area contributed by atoms with E-state index in [-0.39, 0.29) is 18.5 Å². The molecule has 1 atom stereocenters. The van der Waals surface area contributed by atoms with Gasteiger partial charge in [0.05, 0.1) is 6.61 Å². The lowest BCUT2D eigenvalue weighted by Gasteiger charge is -2.17. The predicted molar refractivity (Wildman–Crippen MR) is 87.3 cm³/mol. The topological polar surface area (TPSA) is 73.9 Å². The summed E-state index contributed by atoms with van der Waals surface area (Å²) in [6.07, 6.45) is 0.760. The molecular weight excluding hydrogens is 294 g/mol. The van der Waals surface area contributed by atoms with Gasteiger partial charge in [-0.2, -0.15) is 0 Å². The summed E-state index contributed by atoms with van der Waals surface area (Å²) in [7, 11) is 0. The minimum absolute atomic E-state index is 0.156. The number of phenolic OH excluding ortho intramolecular Hbond substituents is 1. The quantitative estimate of drug-likeness (QED) is 0.857. The molecule has 5 heteroatoms. The smallest absolute Gasteiger partial charge is 0.231 e. The van der Waals surface area contributed by atoms with E-state index in [1.54, 1.807) is 6.07 Å². The van der Waals surface area contributed by atoms with Gasteiger partial charge in [0.15, 0.2) is 23.0 Å². The van der Waals surface area contributed by atoms with Crippen LogP contribution < -0.4 is 19.9 Å². The van der Waals surface area contributed by atoms with Crippen molar-refractivity contribution in [3.63, 3.8) is 0 Å². The molecule has 3 rings (SSSR count). The van der Waals surface area contributed by atoms with Crippen LogP contribution in [0.25, 0.3) is 0 Å². The molecule has 0 amide bonds. The molecule has 1 aliphatic rings. The molecule has 0 bridgehead atoms. The van der Waals surface area contributed by atoms with Crippen LogP contribution in [0.2, 0.25) is 0 Å². The average molecular weight is 315 g/mol. The van der Waals surface area contributed by atoms with Crippen molar-refractivity contribution < 1.29 is 19.3 Å². The third kappa shape index (κ3) is 3.35. The van der Waals surface area contributed by atoms with E-state index in [1.165, 1.54) is 0 Å². The van der Waals surface area contributed by atoms with E-state index in [0.717, 1.165) is 29.0 Å². The molecule has 1 unspecified atom stereocenters. The van der Waals surface area contributed by atoms with E-state index in [9.17, 15) is 5.11 Å². The first-order valence-corrected chi connectivity index (χ1v) is 7.75. The third-order valence-electron chi connectivity index (χ3n) is 3.96. The van der Waals surface area contributed by atoms with Gasteiger partial charge in [-0.25, -0.2) is 0 Å².